The van der Waals surface area contributed by atoms with Crippen LogP contribution >= 0.6 is 11.3 Å². The summed E-state index contributed by atoms with van der Waals surface area (Å²) in [5.41, 5.74) is 2.85. The Kier molecular flexibility index (Phi) is 3.67. The standard InChI is InChI=1S/C19H16N2OS/c22-18(14-6-2-3-7-14)21-19-20-17(12-23-19)16-10-9-13-5-1-4-8-15(13)11-16/h1,4-6,8-12H,2-3,7H2,(H,20,21,22). The SMILES string of the molecule is O=C(Nc1nc(-c2ccc3ccccc3c2)cs1)C1=CCCC1. The smallest absolute Gasteiger partial charge is 0.253 e. The Morgan fingerprint density at radius 2 is 2.00 bits per heavy atom. The van der Waals surface area contributed by atoms with E-state index in [1.807, 2.05) is 23.6 Å². The van der Waals surface area contributed by atoms with E-state index in [9.17, 15) is 4.79 Å². The summed E-state index contributed by atoms with van der Waals surface area (Å²) in [5, 5.41) is 7.97. The number of anilines is 1. The second-order valence-corrected chi connectivity index (χ2v) is 6.53. The number of nitrogens with zero attached hydrogens (tertiary/aromatic N) is 1. The summed E-state index contributed by atoms with van der Waals surface area (Å²) in [4.78, 5) is 16.7. The van der Waals surface area contributed by atoms with Gasteiger partial charge in [-0.2, -0.15) is 0 Å². The summed E-state index contributed by atoms with van der Waals surface area (Å²) in [7, 11) is 0. The fourth-order valence-corrected chi connectivity index (χ4v) is 3.58. The van der Waals surface area contributed by atoms with Crippen molar-refractivity contribution >= 4 is 33.1 Å². The van der Waals surface area contributed by atoms with Crippen LogP contribution in [0.2, 0.25) is 0 Å². The Morgan fingerprint density at radius 1 is 1.13 bits per heavy atom. The molecule has 1 amide bonds. The second kappa shape index (κ2) is 5.97. The molecule has 1 aromatic heterocycles. The molecule has 0 saturated heterocycles. The second-order valence-electron chi connectivity index (χ2n) is 5.68. The lowest BCUT2D eigenvalue weighted by atomic mass is 10.1. The Hall–Kier alpha value is -2.46. The van der Waals surface area contributed by atoms with Gasteiger partial charge in [0.2, 0.25) is 0 Å². The number of fused-ring (bicyclic) bond motifs is 1. The number of carbonyl (C=O) groups excluding carboxylic acids is 1. The van der Waals surface area contributed by atoms with Gasteiger partial charge in [0.1, 0.15) is 0 Å². The molecule has 1 aliphatic carbocycles. The molecular weight excluding hydrogens is 304 g/mol. The minimum Gasteiger partial charge on any atom is -0.298 e. The van der Waals surface area contributed by atoms with Crippen LogP contribution in [0, 0.1) is 0 Å². The van der Waals surface area contributed by atoms with Crippen molar-refractivity contribution < 1.29 is 4.79 Å². The molecule has 2 aromatic carbocycles. The number of rotatable bonds is 3. The molecule has 3 nitrogen and oxygen atoms in total. The van der Waals surface area contributed by atoms with Crippen molar-refractivity contribution in [3.8, 4) is 11.3 Å². The highest BCUT2D eigenvalue weighted by molar-refractivity contribution is 7.14. The molecule has 3 aromatic rings. The molecular formula is C19H16N2OS. The van der Waals surface area contributed by atoms with Gasteiger partial charge in [0.05, 0.1) is 5.69 Å². The van der Waals surface area contributed by atoms with Crippen molar-refractivity contribution in [3.05, 3.63) is 59.5 Å². The van der Waals surface area contributed by atoms with E-state index < -0.39 is 0 Å². The minimum absolute atomic E-state index is 0.0121. The first kappa shape index (κ1) is 14.2. The molecule has 0 radical (unpaired) electrons. The third-order valence-electron chi connectivity index (χ3n) is 4.10. The molecule has 114 valence electrons. The van der Waals surface area contributed by atoms with Crippen LogP contribution in [0.25, 0.3) is 22.0 Å². The molecule has 0 aliphatic heterocycles. The van der Waals surface area contributed by atoms with E-state index in [1.54, 1.807) is 0 Å². The number of hydrogen-bond donors (Lipinski definition) is 1. The van der Waals surface area contributed by atoms with Gasteiger partial charge in [-0.3, -0.25) is 10.1 Å². The summed E-state index contributed by atoms with van der Waals surface area (Å²) >= 11 is 1.47. The van der Waals surface area contributed by atoms with Gasteiger partial charge in [-0.1, -0.05) is 42.5 Å². The van der Waals surface area contributed by atoms with Gasteiger partial charge in [0, 0.05) is 16.5 Å². The summed E-state index contributed by atoms with van der Waals surface area (Å²) in [5.74, 6) is -0.0121. The van der Waals surface area contributed by atoms with Crippen molar-refractivity contribution in [1.29, 1.82) is 0 Å². The monoisotopic (exact) mass is 320 g/mol. The fraction of sp³-hybridized carbons (Fsp3) is 0.158. The van der Waals surface area contributed by atoms with Gasteiger partial charge < -0.3 is 0 Å². The quantitative estimate of drug-likeness (QED) is 0.737. The summed E-state index contributed by atoms with van der Waals surface area (Å²) < 4.78 is 0. The third-order valence-corrected chi connectivity index (χ3v) is 4.86. The molecule has 1 N–H and O–H groups in total. The lowest BCUT2D eigenvalue weighted by molar-refractivity contribution is -0.112. The predicted molar refractivity (Wildman–Crippen MR) is 95.6 cm³/mol. The average Bonchev–Trinajstić information content (AvgIpc) is 3.26. The number of carbonyl (C=O) groups is 1. The lowest BCUT2D eigenvalue weighted by Gasteiger charge is -2.02. The minimum atomic E-state index is -0.0121. The van der Waals surface area contributed by atoms with Crippen molar-refractivity contribution in [2.75, 3.05) is 5.32 Å². The molecule has 1 heterocycles. The van der Waals surface area contributed by atoms with Crippen LogP contribution in [0.5, 0.6) is 0 Å². The highest BCUT2D eigenvalue weighted by Crippen LogP contribution is 2.28. The molecule has 0 spiro atoms. The molecule has 0 bridgehead atoms. The van der Waals surface area contributed by atoms with Crippen LogP contribution in [-0.4, -0.2) is 10.9 Å². The molecule has 1 aliphatic rings. The Labute approximate surface area is 138 Å². The first-order valence-corrected chi connectivity index (χ1v) is 8.63. The normalized spacial score (nSPS) is 14.0. The zero-order chi connectivity index (χ0) is 15.6. The highest BCUT2D eigenvalue weighted by atomic mass is 32.1. The third kappa shape index (κ3) is 2.90. The first-order chi connectivity index (χ1) is 11.3. The molecule has 4 rings (SSSR count). The Balaban J connectivity index is 1.57. The Bertz CT molecular complexity index is 910. The predicted octanol–water partition coefficient (Wildman–Crippen LogP) is 5.01. The van der Waals surface area contributed by atoms with Crippen LogP contribution in [0.1, 0.15) is 19.3 Å². The zero-order valence-electron chi connectivity index (χ0n) is 12.6. The molecule has 0 unspecified atom stereocenters. The largest absolute Gasteiger partial charge is 0.298 e. The number of aromatic nitrogens is 1. The van der Waals surface area contributed by atoms with Crippen LogP contribution in [0.4, 0.5) is 5.13 Å². The van der Waals surface area contributed by atoms with Crippen molar-refractivity contribution in [2.24, 2.45) is 0 Å². The van der Waals surface area contributed by atoms with Gasteiger partial charge in [-0.05, 0) is 36.1 Å². The number of thiazole rings is 1. The Morgan fingerprint density at radius 3 is 2.83 bits per heavy atom. The molecule has 0 atom stereocenters. The maximum atomic E-state index is 12.1. The van der Waals surface area contributed by atoms with Gasteiger partial charge >= 0.3 is 0 Å². The van der Waals surface area contributed by atoms with Crippen LogP contribution in [-0.2, 0) is 4.79 Å². The van der Waals surface area contributed by atoms with E-state index in [-0.39, 0.29) is 5.91 Å². The maximum absolute atomic E-state index is 12.1. The van der Waals surface area contributed by atoms with Gasteiger partial charge in [0.25, 0.3) is 5.91 Å². The molecule has 0 saturated carbocycles. The van der Waals surface area contributed by atoms with E-state index in [2.05, 4.69) is 40.6 Å². The first-order valence-electron chi connectivity index (χ1n) is 7.75. The van der Waals surface area contributed by atoms with E-state index >= 15 is 0 Å². The van der Waals surface area contributed by atoms with Crippen molar-refractivity contribution in [3.63, 3.8) is 0 Å². The molecule has 23 heavy (non-hydrogen) atoms. The number of benzene rings is 2. The number of allylic oxidation sites excluding steroid dienone is 1. The van der Waals surface area contributed by atoms with Crippen LogP contribution in [0.3, 0.4) is 0 Å². The average molecular weight is 320 g/mol. The van der Waals surface area contributed by atoms with E-state index in [1.165, 1.54) is 22.1 Å². The van der Waals surface area contributed by atoms with E-state index in [4.69, 9.17) is 0 Å². The van der Waals surface area contributed by atoms with Gasteiger partial charge in [0.15, 0.2) is 5.13 Å². The number of hydrogen-bond acceptors (Lipinski definition) is 3. The van der Waals surface area contributed by atoms with Gasteiger partial charge in [-0.25, -0.2) is 4.98 Å². The van der Waals surface area contributed by atoms with E-state index in [0.29, 0.717) is 5.13 Å². The number of amides is 1. The van der Waals surface area contributed by atoms with Gasteiger partial charge in [-0.15, -0.1) is 11.3 Å². The van der Waals surface area contributed by atoms with Crippen LogP contribution < -0.4 is 5.32 Å². The van der Waals surface area contributed by atoms with Crippen molar-refractivity contribution in [1.82, 2.24) is 4.98 Å². The fourth-order valence-electron chi connectivity index (χ4n) is 2.87. The molecule has 4 heteroatoms. The number of nitrogens with one attached hydrogen (secondary N) is 1. The summed E-state index contributed by atoms with van der Waals surface area (Å²) in [6.07, 6.45) is 4.97. The highest BCUT2D eigenvalue weighted by Gasteiger charge is 2.15. The van der Waals surface area contributed by atoms with Crippen LogP contribution in [0.15, 0.2) is 59.5 Å². The summed E-state index contributed by atoms with van der Waals surface area (Å²) in [6.45, 7) is 0. The van der Waals surface area contributed by atoms with Crippen molar-refractivity contribution in [2.45, 2.75) is 19.3 Å². The van der Waals surface area contributed by atoms with E-state index in [0.717, 1.165) is 36.1 Å². The zero-order valence-corrected chi connectivity index (χ0v) is 13.4. The maximum Gasteiger partial charge on any atom is 0.253 e. The molecule has 0 fully saturated rings. The topological polar surface area (TPSA) is 42.0 Å². The summed E-state index contributed by atoms with van der Waals surface area (Å²) in [6, 6.07) is 14.6. The lowest BCUT2D eigenvalue weighted by Crippen LogP contribution is -2.12.